The highest BCUT2D eigenvalue weighted by atomic mass is 32.2. The number of morpholine rings is 1. The van der Waals surface area contributed by atoms with E-state index in [1.54, 1.807) is 11.8 Å². The van der Waals surface area contributed by atoms with Gasteiger partial charge >= 0.3 is 0 Å². The molecule has 0 radical (unpaired) electrons. The summed E-state index contributed by atoms with van der Waals surface area (Å²) >= 11 is 1.79. The molecular formula is C18H22N2OS. The Morgan fingerprint density at radius 2 is 1.86 bits per heavy atom. The first-order chi connectivity index (χ1) is 10.8. The second-order valence-electron chi connectivity index (χ2n) is 5.43. The maximum Gasteiger partial charge on any atom is 0.0642 e. The fourth-order valence-electron chi connectivity index (χ4n) is 2.77. The number of aryl methyl sites for hydroxylation is 1. The van der Waals surface area contributed by atoms with Gasteiger partial charge in [0.05, 0.1) is 24.6 Å². The van der Waals surface area contributed by atoms with Crippen molar-refractivity contribution < 1.29 is 4.74 Å². The molecule has 22 heavy (non-hydrogen) atoms. The second kappa shape index (κ2) is 7.07. The number of hydrogen-bond acceptors (Lipinski definition) is 4. The molecule has 3 nitrogen and oxygen atoms in total. The lowest BCUT2D eigenvalue weighted by Gasteiger charge is -2.30. The number of rotatable bonds is 4. The molecule has 0 unspecified atom stereocenters. The molecule has 116 valence electrons. The summed E-state index contributed by atoms with van der Waals surface area (Å²) in [6, 6.07) is 15.0. The van der Waals surface area contributed by atoms with Crippen LogP contribution >= 0.6 is 11.8 Å². The van der Waals surface area contributed by atoms with Crippen molar-refractivity contribution in [1.82, 2.24) is 0 Å². The fourth-order valence-corrected chi connectivity index (χ4v) is 3.36. The predicted molar refractivity (Wildman–Crippen MR) is 95.7 cm³/mol. The number of nitrogens with one attached hydrogen (secondary N) is 1. The van der Waals surface area contributed by atoms with E-state index in [1.165, 1.54) is 16.1 Å². The number of nitrogens with zero attached hydrogens (tertiary/aromatic N) is 1. The third-order valence-electron chi connectivity index (χ3n) is 3.93. The van der Waals surface area contributed by atoms with E-state index >= 15 is 0 Å². The largest absolute Gasteiger partial charge is 0.378 e. The van der Waals surface area contributed by atoms with Crippen LogP contribution in [0.15, 0.2) is 47.4 Å². The molecule has 2 aromatic rings. The standard InChI is InChI=1S/C18H22N2OS/c1-14-13-15(7-8-18(14)22-2)19-16-5-3-4-6-17(16)20-9-11-21-12-10-20/h3-8,13,19H,9-12H2,1-2H3. The number of benzene rings is 2. The minimum Gasteiger partial charge on any atom is -0.378 e. The molecule has 0 bridgehead atoms. The molecule has 0 aliphatic carbocycles. The van der Waals surface area contributed by atoms with Crippen molar-refractivity contribution in [1.29, 1.82) is 0 Å². The number of thioether (sulfide) groups is 1. The van der Waals surface area contributed by atoms with Gasteiger partial charge in [0.15, 0.2) is 0 Å². The average Bonchev–Trinajstić information content (AvgIpc) is 2.56. The number of ether oxygens (including phenoxy) is 1. The Labute approximate surface area is 136 Å². The second-order valence-corrected chi connectivity index (χ2v) is 6.27. The molecule has 2 aromatic carbocycles. The van der Waals surface area contributed by atoms with Crippen molar-refractivity contribution in [2.24, 2.45) is 0 Å². The topological polar surface area (TPSA) is 24.5 Å². The van der Waals surface area contributed by atoms with Crippen LogP contribution in [0.2, 0.25) is 0 Å². The van der Waals surface area contributed by atoms with Crippen LogP contribution in [0.25, 0.3) is 0 Å². The first-order valence-corrected chi connectivity index (χ1v) is 8.84. The summed E-state index contributed by atoms with van der Waals surface area (Å²) in [5, 5.41) is 3.57. The predicted octanol–water partition coefficient (Wildman–Crippen LogP) is 4.30. The van der Waals surface area contributed by atoms with Crippen LogP contribution in [0.5, 0.6) is 0 Å². The number of anilines is 3. The summed E-state index contributed by atoms with van der Waals surface area (Å²) in [7, 11) is 0. The van der Waals surface area contributed by atoms with Gasteiger partial charge in [-0.25, -0.2) is 0 Å². The van der Waals surface area contributed by atoms with Gasteiger partial charge in [0.2, 0.25) is 0 Å². The molecule has 3 rings (SSSR count). The SMILES string of the molecule is CSc1ccc(Nc2ccccc2N2CCOCC2)cc1C. The van der Waals surface area contributed by atoms with Crippen LogP contribution in [-0.2, 0) is 4.74 Å². The molecule has 1 saturated heterocycles. The Morgan fingerprint density at radius 1 is 1.09 bits per heavy atom. The Morgan fingerprint density at radius 3 is 2.59 bits per heavy atom. The molecule has 1 N–H and O–H groups in total. The van der Waals surface area contributed by atoms with Gasteiger partial charge in [-0.15, -0.1) is 11.8 Å². The minimum atomic E-state index is 0.801. The van der Waals surface area contributed by atoms with Gasteiger partial charge in [0, 0.05) is 23.7 Å². The van der Waals surface area contributed by atoms with Crippen molar-refractivity contribution >= 4 is 28.8 Å². The Balaban J connectivity index is 1.84. The van der Waals surface area contributed by atoms with E-state index in [9.17, 15) is 0 Å². The Bertz CT molecular complexity index is 639. The van der Waals surface area contributed by atoms with E-state index in [2.05, 4.69) is 65.9 Å². The fraction of sp³-hybridized carbons (Fsp3) is 0.333. The monoisotopic (exact) mass is 314 g/mol. The molecule has 0 amide bonds. The molecule has 1 heterocycles. The van der Waals surface area contributed by atoms with E-state index < -0.39 is 0 Å². The van der Waals surface area contributed by atoms with E-state index in [4.69, 9.17) is 4.74 Å². The summed E-state index contributed by atoms with van der Waals surface area (Å²) in [6.45, 7) is 5.66. The summed E-state index contributed by atoms with van der Waals surface area (Å²) in [4.78, 5) is 3.71. The van der Waals surface area contributed by atoms with E-state index in [1.807, 2.05) is 0 Å². The van der Waals surface area contributed by atoms with Crippen molar-refractivity contribution in [3.8, 4) is 0 Å². The lowest BCUT2D eigenvalue weighted by atomic mass is 10.2. The van der Waals surface area contributed by atoms with Crippen molar-refractivity contribution in [3.05, 3.63) is 48.0 Å². The molecule has 1 fully saturated rings. The molecule has 4 heteroatoms. The normalized spacial score (nSPS) is 14.9. The molecule has 0 aromatic heterocycles. The first kappa shape index (κ1) is 15.3. The van der Waals surface area contributed by atoms with Gasteiger partial charge in [-0.2, -0.15) is 0 Å². The molecule has 1 aliphatic heterocycles. The Kier molecular flexibility index (Phi) is 4.90. The highest BCUT2D eigenvalue weighted by Gasteiger charge is 2.14. The van der Waals surface area contributed by atoms with Crippen LogP contribution in [0.1, 0.15) is 5.56 Å². The smallest absolute Gasteiger partial charge is 0.0642 e. The molecular weight excluding hydrogens is 292 g/mol. The summed E-state index contributed by atoms with van der Waals surface area (Å²) in [6.07, 6.45) is 2.11. The van der Waals surface area contributed by atoms with Crippen molar-refractivity contribution in [2.75, 3.05) is 42.8 Å². The lowest BCUT2D eigenvalue weighted by Crippen LogP contribution is -2.36. The number of para-hydroxylation sites is 2. The zero-order valence-corrected chi connectivity index (χ0v) is 14.0. The van der Waals surface area contributed by atoms with Crippen LogP contribution in [-0.4, -0.2) is 32.6 Å². The van der Waals surface area contributed by atoms with Gasteiger partial charge in [-0.3, -0.25) is 0 Å². The van der Waals surface area contributed by atoms with E-state index in [-0.39, 0.29) is 0 Å². The summed E-state index contributed by atoms with van der Waals surface area (Å²) < 4.78 is 5.46. The minimum absolute atomic E-state index is 0.801. The molecule has 1 aliphatic rings. The molecule has 0 atom stereocenters. The van der Waals surface area contributed by atoms with Crippen molar-refractivity contribution in [2.45, 2.75) is 11.8 Å². The highest BCUT2D eigenvalue weighted by molar-refractivity contribution is 7.98. The first-order valence-electron chi connectivity index (χ1n) is 7.61. The van der Waals surface area contributed by atoms with Gasteiger partial charge < -0.3 is 15.0 Å². The Hall–Kier alpha value is -1.65. The highest BCUT2D eigenvalue weighted by Crippen LogP contribution is 2.31. The van der Waals surface area contributed by atoms with Gasteiger partial charge in [0.1, 0.15) is 0 Å². The van der Waals surface area contributed by atoms with E-state index in [0.717, 1.165) is 37.7 Å². The molecule has 0 spiro atoms. The molecule has 0 saturated carbocycles. The van der Waals surface area contributed by atoms with Crippen LogP contribution < -0.4 is 10.2 Å². The number of hydrogen-bond donors (Lipinski definition) is 1. The summed E-state index contributed by atoms with van der Waals surface area (Å²) in [5.41, 5.74) is 4.84. The van der Waals surface area contributed by atoms with E-state index in [0.29, 0.717) is 0 Å². The third-order valence-corrected chi connectivity index (χ3v) is 4.83. The third kappa shape index (κ3) is 3.39. The van der Waals surface area contributed by atoms with Gasteiger partial charge in [-0.05, 0) is 49.1 Å². The van der Waals surface area contributed by atoms with Crippen LogP contribution in [0.3, 0.4) is 0 Å². The quantitative estimate of drug-likeness (QED) is 0.851. The lowest BCUT2D eigenvalue weighted by molar-refractivity contribution is 0.123. The zero-order valence-electron chi connectivity index (χ0n) is 13.1. The zero-order chi connectivity index (χ0) is 15.4. The van der Waals surface area contributed by atoms with Crippen LogP contribution in [0, 0.1) is 6.92 Å². The van der Waals surface area contributed by atoms with Crippen molar-refractivity contribution in [3.63, 3.8) is 0 Å². The van der Waals surface area contributed by atoms with Crippen LogP contribution in [0.4, 0.5) is 17.1 Å². The van der Waals surface area contributed by atoms with Gasteiger partial charge in [-0.1, -0.05) is 12.1 Å². The average molecular weight is 314 g/mol. The van der Waals surface area contributed by atoms with Gasteiger partial charge in [0.25, 0.3) is 0 Å². The maximum atomic E-state index is 5.46. The summed E-state index contributed by atoms with van der Waals surface area (Å²) in [5.74, 6) is 0. The maximum absolute atomic E-state index is 5.46.